The van der Waals surface area contributed by atoms with E-state index in [2.05, 4.69) is 15.6 Å². The lowest BCUT2D eigenvalue weighted by Crippen LogP contribution is -2.47. The van der Waals surface area contributed by atoms with Gasteiger partial charge in [-0.25, -0.2) is 17.2 Å². The van der Waals surface area contributed by atoms with Crippen LogP contribution in [0.4, 0.5) is 8.78 Å². The summed E-state index contributed by atoms with van der Waals surface area (Å²) >= 11 is 0. The van der Waals surface area contributed by atoms with E-state index in [9.17, 15) is 17.2 Å². The number of sulfone groups is 1. The van der Waals surface area contributed by atoms with Gasteiger partial charge in [0.05, 0.1) is 17.3 Å². The van der Waals surface area contributed by atoms with Gasteiger partial charge >= 0.3 is 0 Å². The Kier molecular flexibility index (Phi) is 7.16. The molecule has 152 valence electrons. The van der Waals surface area contributed by atoms with Gasteiger partial charge in [0.15, 0.2) is 15.8 Å². The van der Waals surface area contributed by atoms with Crippen LogP contribution in [0.5, 0.6) is 0 Å². The minimum absolute atomic E-state index is 0.0865. The first kappa shape index (κ1) is 21.6. The number of benzene rings is 1. The van der Waals surface area contributed by atoms with Crippen molar-refractivity contribution in [2.45, 2.75) is 37.5 Å². The molecule has 0 bridgehead atoms. The van der Waals surface area contributed by atoms with Gasteiger partial charge in [-0.3, -0.25) is 4.99 Å². The van der Waals surface area contributed by atoms with Crippen LogP contribution in [0.25, 0.3) is 0 Å². The topological polar surface area (TPSA) is 79.8 Å². The maximum absolute atomic E-state index is 14.0. The van der Waals surface area contributed by atoms with Gasteiger partial charge in [0.2, 0.25) is 0 Å². The summed E-state index contributed by atoms with van der Waals surface area (Å²) in [7, 11) is -3.33. The monoisotopic (exact) mass is 403 g/mol. The number of ether oxygens (including phenoxy) is 1. The lowest BCUT2D eigenvalue weighted by molar-refractivity contribution is 0.0768. The molecule has 1 aliphatic rings. The largest absolute Gasteiger partial charge is 0.381 e. The maximum atomic E-state index is 14.0. The molecule has 2 N–H and O–H groups in total. The molecule has 1 heterocycles. The smallest absolute Gasteiger partial charge is 0.191 e. The Morgan fingerprint density at radius 3 is 2.56 bits per heavy atom. The van der Waals surface area contributed by atoms with Gasteiger partial charge in [-0.15, -0.1) is 0 Å². The minimum Gasteiger partial charge on any atom is -0.381 e. The van der Waals surface area contributed by atoms with Crippen molar-refractivity contribution in [2.24, 2.45) is 4.99 Å². The Morgan fingerprint density at radius 1 is 1.33 bits per heavy atom. The van der Waals surface area contributed by atoms with Gasteiger partial charge in [0.1, 0.15) is 11.6 Å². The highest BCUT2D eigenvalue weighted by atomic mass is 32.2. The fourth-order valence-electron chi connectivity index (χ4n) is 3.07. The van der Waals surface area contributed by atoms with Gasteiger partial charge in [-0.05, 0) is 32.8 Å². The third-order valence-corrected chi connectivity index (χ3v) is 6.95. The summed E-state index contributed by atoms with van der Waals surface area (Å²) in [5, 5.41) is 6.09. The van der Waals surface area contributed by atoms with E-state index in [0.717, 1.165) is 6.07 Å². The summed E-state index contributed by atoms with van der Waals surface area (Å²) in [6.07, 6.45) is 2.00. The molecule has 0 aromatic heterocycles. The van der Waals surface area contributed by atoms with E-state index < -0.39 is 32.3 Å². The molecule has 1 aromatic rings. The van der Waals surface area contributed by atoms with E-state index in [-0.39, 0.29) is 6.54 Å². The van der Waals surface area contributed by atoms with Crippen LogP contribution in [0.15, 0.2) is 23.2 Å². The number of aliphatic imine (C=N–C) groups is 1. The maximum Gasteiger partial charge on any atom is 0.191 e. The highest BCUT2D eigenvalue weighted by Gasteiger charge is 2.42. The van der Waals surface area contributed by atoms with Crippen molar-refractivity contribution in [1.82, 2.24) is 10.6 Å². The molecule has 27 heavy (non-hydrogen) atoms. The molecule has 1 fully saturated rings. The average molecular weight is 403 g/mol. The van der Waals surface area contributed by atoms with Crippen molar-refractivity contribution in [3.8, 4) is 0 Å². The number of nitrogens with zero attached hydrogens (tertiary/aromatic N) is 1. The van der Waals surface area contributed by atoms with Gasteiger partial charge in [0.25, 0.3) is 0 Å². The van der Waals surface area contributed by atoms with Crippen molar-refractivity contribution in [2.75, 3.05) is 32.6 Å². The molecule has 1 aromatic carbocycles. The van der Waals surface area contributed by atoms with Crippen LogP contribution in [-0.4, -0.2) is 51.7 Å². The average Bonchev–Trinajstić information content (AvgIpc) is 2.59. The Morgan fingerprint density at radius 2 is 2.00 bits per heavy atom. The Labute approximate surface area is 159 Å². The molecule has 2 rings (SSSR count). The molecule has 1 aliphatic heterocycles. The number of halogens is 2. The SMILES string of the molecule is CCNC(=NCC1(S(C)(=O)=O)CCOCC1)NC(C)c1ccc(F)cc1F. The predicted molar refractivity (Wildman–Crippen MR) is 102 cm³/mol. The molecule has 0 amide bonds. The van der Waals surface area contributed by atoms with Crippen LogP contribution in [0.3, 0.4) is 0 Å². The first-order valence-electron chi connectivity index (χ1n) is 8.95. The molecule has 0 aliphatic carbocycles. The first-order valence-corrected chi connectivity index (χ1v) is 10.8. The van der Waals surface area contributed by atoms with Crippen LogP contribution in [0, 0.1) is 11.6 Å². The quantitative estimate of drug-likeness (QED) is 0.562. The summed E-state index contributed by atoms with van der Waals surface area (Å²) in [5.41, 5.74) is 0.297. The molecule has 0 saturated carbocycles. The fraction of sp³-hybridized carbons (Fsp3) is 0.611. The number of hydrogen-bond donors (Lipinski definition) is 2. The van der Waals surface area contributed by atoms with E-state index in [1.54, 1.807) is 6.92 Å². The van der Waals surface area contributed by atoms with Gasteiger partial charge in [-0.2, -0.15) is 0 Å². The third kappa shape index (κ3) is 5.38. The highest BCUT2D eigenvalue weighted by Crippen LogP contribution is 2.29. The van der Waals surface area contributed by atoms with Crippen LogP contribution >= 0.6 is 0 Å². The minimum atomic E-state index is -3.33. The van der Waals surface area contributed by atoms with Crippen molar-refractivity contribution in [1.29, 1.82) is 0 Å². The Balaban J connectivity index is 2.20. The van der Waals surface area contributed by atoms with Crippen molar-refractivity contribution < 1.29 is 21.9 Å². The molecule has 9 heteroatoms. The lowest BCUT2D eigenvalue weighted by atomic mass is 9.99. The normalized spacial score (nSPS) is 18.8. The standard InChI is InChI=1S/C18H27F2N3O3S/c1-4-21-17(23-13(2)15-6-5-14(19)11-16(15)20)22-12-18(27(3,24)25)7-9-26-10-8-18/h5-6,11,13H,4,7-10,12H2,1-3H3,(H2,21,22,23). The highest BCUT2D eigenvalue weighted by molar-refractivity contribution is 7.92. The van der Waals surface area contributed by atoms with Crippen molar-refractivity contribution in [3.05, 3.63) is 35.4 Å². The molecular formula is C18H27F2N3O3S. The van der Waals surface area contributed by atoms with Crippen molar-refractivity contribution in [3.63, 3.8) is 0 Å². The Bertz CT molecular complexity index is 778. The summed E-state index contributed by atoms with van der Waals surface area (Å²) in [5.74, 6) is -0.912. The second kappa shape index (κ2) is 8.97. The molecule has 1 saturated heterocycles. The van der Waals surface area contributed by atoms with E-state index in [1.807, 2.05) is 6.92 Å². The zero-order valence-electron chi connectivity index (χ0n) is 15.9. The molecule has 0 radical (unpaired) electrons. The van der Waals surface area contributed by atoms with E-state index in [0.29, 0.717) is 44.1 Å². The zero-order chi connectivity index (χ0) is 20.1. The Hall–Kier alpha value is -1.74. The molecule has 1 atom stereocenters. The number of guanidine groups is 1. The van der Waals surface area contributed by atoms with Gasteiger partial charge in [-0.1, -0.05) is 6.07 Å². The summed E-state index contributed by atoms with van der Waals surface area (Å²) < 4.78 is 56.1. The molecular weight excluding hydrogens is 376 g/mol. The van der Waals surface area contributed by atoms with E-state index >= 15 is 0 Å². The molecule has 0 spiro atoms. The number of nitrogens with one attached hydrogen (secondary N) is 2. The number of rotatable bonds is 6. The predicted octanol–water partition coefficient (Wildman–Crippen LogP) is 2.17. The zero-order valence-corrected chi connectivity index (χ0v) is 16.7. The molecule has 1 unspecified atom stereocenters. The van der Waals surface area contributed by atoms with E-state index in [1.165, 1.54) is 18.4 Å². The second-order valence-electron chi connectivity index (χ2n) is 6.79. The van der Waals surface area contributed by atoms with Gasteiger partial charge < -0.3 is 15.4 Å². The number of hydrogen-bond acceptors (Lipinski definition) is 4. The van der Waals surface area contributed by atoms with Crippen LogP contribution < -0.4 is 10.6 Å². The second-order valence-corrected chi connectivity index (χ2v) is 9.20. The fourth-order valence-corrected chi connectivity index (χ4v) is 4.28. The van der Waals surface area contributed by atoms with E-state index in [4.69, 9.17) is 4.74 Å². The third-order valence-electron chi connectivity index (χ3n) is 4.84. The van der Waals surface area contributed by atoms with Crippen LogP contribution in [-0.2, 0) is 14.6 Å². The lowest BCUT2D eigenvalue weighted by Gasteiger charge is -2.34. The van der Waals surface area contributed by atoms with Gasteiger partial charge in [0, 0.05) is 37.6 Å². The first-order chi connectivity index (χ1) is 12.7. The van der Waals surface area contributed by atoms with Crippen LogP contribution in [0.1, 0.15) is 38.3 Å². The molecule has 6 nitrogen and oxygen atoms in total. The summed E-state index contributed by atoms with van der Waals surface area (Å²) in [6, 6.07) is 2.93. The summed E-state index contributed by atoms with van der Waals surface area (Å²) in [4.78, 5) is 4.45. The summed E-state index contributed by atoms with van der Waals surface area (Å²) in [6.45, 7) is 5.00. The van der Waals surface area contributed by atoms with Crippen LogP contribution in [0.2, 0.25) is 0 Å². The van der Waals surface area contributed by atoms with Crippen molar-refractivity contribution >= 4 is 15.8 Å².